The lowest BCUT2D eigenvalue weighted by molar-refractivity contribution is -0.00635. The van der Waals surface area contributed by atoms with Crippen LogP contribution in [-0.4, -0.2) is 6.61 Å². The smallest absolute Gasteiger partial charge is 0.0827 e. The highest BCUT2D eigenvalue weighted by atomic mass is 79.9. The van der Waals surface area contributed by atoms with Crippen molar-refractivity contribution >= 4 is 15.9 Å². The fourth-order valence-electron chi connectivity index (χ4n) is 2.07. The van der Waals surface area contributed by atoms with E-state index in [9.17, 15) is 0 Å². The van der Waals surface area contributed by atoms with Crippen molar-refractivity contribution < 1.29 is 4.74 Å². The van der Waals surface area contributed by atoms with Crippen molar-refractivity contribution in [3.8, 4) is 0 Å². The first-order valence-corrected chi connectivity index (χ1v) is 6.68. The Morgan fingerprint density at radius 3 is 3.07 bits per heavy atom. The van der Waals surface area contributed by atoms with Crippen LogP contribution in [-0.2, 0) is 10.1 Å². The monoisotopic (exact) mass is 268 g/mol. The minimum absolute atomic E-state index is 0.313. The van der Waals surface area contributed by atoms with Gasteiger partial charge in [0.05, 0.1) is 6.10 Å². The number of hydrogen-bond acceptors (Lipinski definition) is 1. The summed E-state index contributed by atoms with van der Waals surface area (Å²) in [7, 11) is 0. The van der Waals surface area contributed by atoms with Crippen LogP contribution in [0.3, 0.4) is 0 Å². The molecule has 2 rings (SSSR count). The molecule has 1 heterocycles. The third-order valence-electron chi connectivity index (χ3n) is 3.02. The molecule has 2 unspecified atom stereocenters. The minimum atomic E-state index is 0.313. The van der Waals surface area contributed by atoms with Crippen molar-refractivity contribution in [2.24, 2.45) is 5.92 Å². The van der Waals surface area contributed by atoms with Gasteiger partial charge in [-0.3, -0.25) is 0 Å². The topological polar surface area (TPSA) is 9.23 Å². The van der Waals surface area contributed by atoms with Gasteiger partial charge >= 0.3 is 0 Å². The van der Waals surface area contributed by atoms with Crippen molar-refractivity contribution in [3.63, 3.8) is 0 Å². The van der Waals surface area contributed by atoms with E-state index < -0.39 is 0 Å². The Labute approximate surface area is 100.0 Å². The molecule has 0 aliphatic carbocycles. The van der Waals surface area contributed by atoms with Gasteiger partial charge in [-0.25, -0.2) is 0 Å². The van der Waals surface area contributed by atoms with Gasteiger partial charge < -0.3 is 4.74 Å². The SMILES string of the molecule is CC1CCOC(c2cccc(CBr)c2)C1. The maximum absolute atomic E-state index is 5.82. The molecule has 0 N–H and O–H groups in total. The Kier molecular flexibility index (Phi) is 3.81. The molecule has 1 aliphatic heterocycles. The lowest BCUT2D eigenvalue weighted by atomic mass is 9.93. The molecule has 2 atom stereocenters. The van der Waals surface area contributed by atoms with Gasteiger partial charge in [-0.05, 0) is 29.9 Å². The second-order valence-electron chi connectivity index (χ2n) is 4.37. The zero-order valence-electron chi connectivity index (χ0n) is 9.08. The second kappa shape index (κ2) is 5.13. The molecular formula is C13H17BrO. The van der Waals surface area contributed by atoms with Gasteiger partial charge in [0.15, 0.2) is 0 Å². The maximum atomic E-state index is 5.82. The highest BCUT2D eigenvalue weighted by Gasteiger charge is 2.20. The third kappa shape index (κ3) is 2.82. The summed E-state index contributed by atoms with van der Waals surface area (Å²) in [6, 6.07) is 8.69. The maximum Gasteiger partial charge on any atom is 0.0827 e. The van der Waals surface area contributed by atoms with Gasteiger partial charge in [0, 0.05) is 11.9 Å². The number of halogens is 1. The molecule has 0 amide bonds. The normalized spacial score (nSPS) is 26.5. The van der Waals surface area contributed by atoms with E-state index in [1.165, 1.54) is 17.5 Å². The van der Waals surface area contributed by atoms with Crippen LogP contribution in [0.1, 0.15) is 37.0 Å². The molecule has 82 valence electrons. The van der Waals surface area contributed by atoms with Crippen molar-refractivity contribution in [1.29, 1.82) is 0 Å². The lowest BCUT2D eigenvalue weighted by Crippen LogP contribution is -2.17. The molecule has 1 nitrogen and oxygen atoms in total. The van der Waals surface area contributed by atoms with Crippen LogP contribution in [0.15, 0.2) is 24.3 Å². The second-order valence-corrected chi connectivity index (χ2v) is 4.93. The van der Waals surface area contributed by atoms with Crippen LogP contribution < -0.4 is 0 Å². The van der Waals surface area contributed by atoms with Crippen LogP contribution in [0.25, 0.3) is 0 Å². The number of rotatable bonds is 2. The van der Waals surface area contributed by atoms with Crippen LogP contribution >= 0.6 is 15.9 Å². The summed E-state index contributed by atoms with van der Waals surface area (Å²) in [5.41, 5.74) is 2.66. The van der Waals surface area contributed by atoms with E-state index in [1.54, 1.807) is 0 Å². The Morgan fingerprint density at radius 2 is 2.33 bits per heavy atom. The van der Waals surface area contributed by atoms with Gasteiger partial charge in [0.25, 0.3) is 0 Å². The predicted octanol–water partition coefficient (Wildman–Crippen LogP) is 4.07. The molecule has 2 heteroatoms. The highest BCUT2D eigenvalue weighted by Crippen LogP contribution is 2.31. The Balaban J connectivity index is 2.13. The zero-order valence-corrected chi connectivity index (χ0v) is 10.7. The molecule has 0 radical (unpaired) electrons. The van der Waals surface area contributed by atoms with Crippen LogP contribution in [0.5, 0.6) is 0 Å². The zero-order chi connectivity index (χ0) is 10.7. The molecule has 0 saturated carbocycles. The van der Waals surface area contributed by atoms with E-state index in [-0.39, 0.29) is 0 Å². The largest absolute Gasteiger partial charge is 0.374 e. The minimum Gasteiger partial charge on any atom is -0.374 e. The molecule has 0 aromatic heterocycles. The van der Waals surface area contributed by atoms with Gasteiger partial charge in [0.2, 0.25) is 0 Å². The molecule has 1 aromatic carbocycles. The standard InChI is InChI=1S/C13H17BrO/c1-10-5-6-15-13(7-10)12-4-2-3-11(8-12)9-14/h2-4,8,10,13H,5-7,9H2,1H3. The van der Waals surface area contributed by atoms with Crippen molar-refractivity contribution in [2.45, 2.75) is 31.2 Å². The number of alkyl halides is 1. The molecule has 15 heavy (non-hydrogen) atoms. The number of benzene rings is 1. The number of hydrogen-bond donors (Lipinski definition) is 0. The average Bonchev–Trinajstić information content (AvgIpc) is 2.29. The fourth-order valence-corrected chi connectivity index (χ4v) is 2.42. The van der Waals surface area contributed by atoms with E-state index in [2.05, 4.69) is 47.1 Å². The molecule has 0 spiro atoms. The summed E-state index contributed by atoms with van der Waals surface area (Å²) in [6.45, 7) is 3.22. The first-order chi connectivity index (χ1) is 7.29. The van der Waals surface area contributed by atoms with Crippen LogP contribution in [0.4, 0.5) is 0 Å². The molecule has 1 aliphatic rings. The molecular weight excluding hydrogens is 252 g/mol. The van der Waals surface area contributed by atoms with Crippen molar-refractivity contribution in [2.75, 3.05) is 6.61 Å². The van der Waals surface area contributed by atoms with E-state index in [0.29, 0.717) is 6.10 Å². The lowest BCUT2D eigenvalue weighted by Gasteiger charge is -2.27. The van der Waals surface area contributed by atoms with E-state index in [4.69, 9.17) is 4.74 Å². The number of ether oxygens (including phenoxy) is 1. The Morgan fingerprint density at radius 1 is 1.47 bits per heavy atom. The van der Waals surface area contributed by atoms with E-state index in [1.807, 2.05) is 0 Å². The van der Waals surface area contributed by atoms with Gasteiger partial charge in [0.1, 0.15) is 0 Å². The van der Waals surface area contributed by atoms with Crippen molar-refractivity contribution in [1.82, 2.24) is 0 Å². The Bertz CT molecular complexity index is 324. The van der Waals surface area contributed by atoms with Gasteiger partial charge in [-0.2, -0.15) is 0 Å². The summed E-state index contributed by atoms with van der Waals surface area (Å²) in [6.07, 6.45) is 2.67. The van der Waals surface area contributed by atoms with E-state index in [0.717, 1.165) is 24.3 Å². The van der Waals surface area contributed by atoms with E-state index >= 15 is 0 Å². The average molecular weight is 269 g/mol. The summed E-state index contributed by atoms with van der Waals surface area (Å²) in [5, 5.41) is 0.920. The van der Waals surface area contributed by atoms with Crippen molar-refractivity contribution in [3.05, 3.63) is 35.4 Å². The molecule has 0 bridgehead atoms. The predicted molar refractivity (Wildman–Crippen MR) is 66.2 cm³/mol. The summed E-state index contributed by atoms with van der Waals surface area (Å²) in [4.78, 5) is 0. The molecule has 1 saturated heterocycles. The molecule has 1 aromatic rings. The summed E-state index contributed by atoms with van der Waals surface area (Å²) < 4.78 is 5.82. The highest BCUT2D eigenvalue weighted by molar-refractivity contribution is 9.08. The van der Waals surface area contributed by atoms with Crippen LogP contribution in [0.2, 0.25) is 0 Å². The quantitative estimate of drug-likeness (QED) is 0.735. The first-order valence-electron chi connectivity index (χ1n) is 5.56. The van der Waals surface area contributed by atoms with Crippen LogP contribution in [0, 0.1) is 5.92 Å². The fraction of sp³-hybridized carbons (Fsp3) is 0.538. The summed E-state index contributed by atoms with van der Waals surface area (Å²) >= 11 is 3.49. The van der Waals surface area contributed by atoms with Gasteiger partial charge in [-0.1, -0.05) is 47.1 Å². The first kappa shape index (κ1) is 11.2. The summed E-state index contributed by atoms with van der Waals surface area (Å²) in [5.74, 6) is 0.788. The van der Waals surface area contributed by atoms with Gasteiger partial charge in [-0.15, -0.1) is 0 Å². The molecule has 1 fully saturated rings. The Hall–Kier alpha value is -0.340. The third-order valence-corrected chi connectivity index (χ3v) is 3.67.